The zero-order valence-electron chi connectivity index (χ0n) is 10.3. The molecule has 1 heterocycles. The first kappa shape index (κ1) is 13.7. The van der Waals surface area contributed by atoms with Gasteiger partial charge in [-0.3, -0.25) is 5.10 Å². The number of hydrogen-bond donors (Lipinski definition) is 1. The highest BCUT2D eigenvalue weighted by Gasteiger charge is 2.13. The van der Waals surface area contributed by atoms with Gasteiger partial charge in [0, 0.05) is 5.02 Å². The van der Waals surface area contributed by atoms with Crippen LogP contribution < -0.4 is 4.74 Å². The Bertz CT molecular complexity index is 622. The lowest BCUT2D eigenvalue weighted by Gasteiger charge is -2.05. The van der Waals surface area contributed by atoms with Gasteiger partial charge >= 0.3 is 0 Å². The molecule has 19 heavy (non-hydrogen) atoms. The number of halogens is 1. The van der Waals surface area contributed by atoms with Crippen LogP contribution in [-0.2, 0) is 0 Å². The maximum Gasteiger partial charge on any atom is 0.210 e. The Morgan fingerprint density at radius 3 is 3.00 bits per heavy atom. The highest BCUT2D eigenvalue weighted by atomic mass is 35.5. The summed E-state index contributed by atoms with van der Waals surface area (Å²) in [6, 6.07) is 7.38. The minimum Gasteiger partial charge on any atom is -0.496 e. The largest absolute Gasteiger partial charge is 0.496 e. The van der Waals surface area contributed by atoms with E-state index in [1.54, 1.807) is 32.2 Å². The number of rotatable bonds is 4. The second-order valence-electron chi connectivity index (χ2n) is 3.70. The zero-order valence-corrected chi connectivity index (χ0v) is 11.9. The Hall–Kier alpha value is -1.71. The molecule has 2 aromatic rings. The van der Waals surface area contributed by atoms with Crippen LogP contribution in [0, 0.1) is 11.3 Å². The van der Waals surface area contributed by atoms with Crippen LogP contribution in [0.3, 0.4) is 0 Å². The van der Waals surface area contributed by atoms with E-state index in [9.17, 15) is 0 Å². The van der Waals surface area contributed by atoms with Crippen LogP contribution in [0.15, 0.2) is 23.4 Å². The summed E-state index contributed by atoms with van der Waals surface area (Å²) < 4.78 is 5.26. The van der Waals surface area contributed by atoms with E-state index in [-0.39, 0.29) is 5.25 Å². The molecule has 1 aromatic heterocycles. The first-order valence-corrected chi connectivity index (χ1v) is 6.72. The molecule has 0 saturated heterocycles. The molecule has 0 aliphatic carbocycles. The van der Waals surface area contributed by atoms with E-state index in [0.717, 1.165) is 5.56 Å². The summed E-state index contributed by atoms with van der Waals surface area (Å²) in [4.78, 5) is 4.32. The molecule has 5 nitrogen and oxygen atoms in total. The van der Waals surface area contributed by atoms with Gasteiger partial charge in [-0.25, -0.2) is 4.98 Å². The molecule has 1 atom stereocenters. The third-order valence-corrected chi connectivity index (χ3v) is 3.43. The summed E-state index contributed by atoms with van der Waals surface area (Å²) in [7, 11) is 1.58. The second-order valence-corrected chi connectivity index (χ2v) is 5.44. The lowest BCUT2D eigenvalue weighted by atomic mass is 10.2. The van der Waals surface area contributed by atoms with E-state index in [4.69, 9.17) is 21.6 Å². The molecule has 0 fully saturated rings. The summed E-state index contributed by atoms with van der Waals surface area (Å²) in [6.07, 6.45) is 0. The lowest BCUT2D eigenvalue weighted by Crippen LogP contribution is -1.91. The Balaban J connectivity index is 2.33. The Labute approximate surface area is 119 Å². The number of methoxy groups -OCH3 is 1. The number of hydrogen-bond acceptors (Lipinski definition) is 5. The van der Waals surface area contributed by atoms with Crippen molar-refractivity contribution in [3.63, 3.8) is 0 Å². The van der Waals surface area contributed by atoms with Crippen molar-refractivity contribution in [2.75, 3.05) is 7.11 Å². The quantitative estimate of drug-likeness (QED) is 0.877. The molecule has 0 bridgehead atoms. The average Bonchev–Trinajstić information content (AvgIpc) is 2.86. The molecule has 0 aliphatic rings. The van der Waals surface area contributed by atoms with Gasteiger partial charge in [-0.15, -0.1) is 5.10 Å². The third kappa shape index (κ3) is 3.19. The fraction of sp³-hybridized carbons (Fsp3) is 0.250. The maximum atomic E-state index is 8.76. The van der Waals surface area contributed by atoms with Crippen molar-refractivity contribution in [2.24, 2.45) is 0 Å². The predicted octanol–water partition coefficient (Wildman–Crippen LogP) is 3.14. The van der Waals surface area contributed by atoms with Crippen molar-refractivity contribution in [3.05, 3.63) is 23.2 Å². The summed E-state index contributed by atoms with van der Waals surface area (Å²) in [5.74, 6) is 1.22. The number of benzene rings is 1. The van der Waals surface area contributed by atoms with Crippen molar-refractivity contribution in [2.45, 2.75) is 17.3 Å². The topological polar surface area (TPSA) is 74.6 Å². The van der Waals surface area contributed by atoms with Gasteiger partial charge in [0.2, 0.25) is 5.16 Å². The minimum absolute atomic E-state index is 0.204. The number of H-pyrrole nitrogens is 1. The van der Waals surface area contributed by atoms with Crippen molar-refractivity contribution in [1.29, 1.82) is 5.26 Å². The molecule has 2 rings (SSSR count). The maximum absolute atomic E-state index is 8.76. The second kappa shape index (κ2) is 5.95. The first-order valence-electron chi connectivity index (χ1n) is 5.46. The molecule has 0 saturated carbocycles. The number of ether oxygens (including phenoxy) is 1. The Kier molecular flexibility index (Phi) is 4.30. The van der Waals surface area contributed by atoms with E-state index in [2.05, 4.69) is 21.3 Å². The van der Waals surface area contributed by atoms with Crippen LogP contribution in [0.1, 0.15) is 6.92 Å². The molecule has 0 radical (unpaired) electrons. The third-order valence-electron chi connectivity index (χ3n) is 2.35. The predicted molar refractivity (Wildman–Crippen MR) is 74.3 cm³/mol. The summed E-state index contributed by atoms with van der Waals surface area (Å²) in [5.41, 5.74) is 0.735. The van der Waals surface area contributed by atoms with Gasteiger partial charge in [-0.05, 0) is 25.1 Å². The van der Waals surface area contributed by atoms with Gasteiger partial charge in [0.05, 0.1) is 24.0 Å². The highest BCUT2D eigenvalue weighted by Crippen LogP contribution is 2.31. The molecule has 0 amide bonds. The number of aromatic amines is 1. The minimum atomic E-state index is -0.204. The van der Waals surface area contributed by atoms with Crippen LogP contribution in [-0.4, -0.2) is 27.5 Å². The molecule has 0 spiro atoms. The van der Waals surface area contributed by atoms with Gasteiger partial charge in [0.1, 0.15) is 5.75 Å². The monoisotopic (exact) mass is 294 g/mol. The van der Waals surface area contributed by atoms with Crippen LogP contribution in [0.25, 0.3) is 11.4 Å². The van der Waals surface area contributed by atoms with Gasteiger partial charge in [0.15, 0.2) is 5.82 Å². The summed E-state index contributed by atoms with van der Waals surface area (Å²) >= 11 is 7.26. The number of nitriles is 1. The van der Waals surface area contributed by atoms with Crippen molar-refractivity contribution < 1.29 is 4.74 Å². The van der Waals surface area contributed by atoms with Gasteiger partial charge in [-0.1, -0.05) is 23.4 Å². The highest BCUT2D eigenvalue weighted by molar-refractivity contribution is 8.00. The smallest absolute Gasteiger partial charge is 0.210 e. The van der Waals surface area contributed by atoms with Crippen molar-refractivity contribution in [3.8, 4) is 23.2 Å². The summed E-state index contributed by atoms with van der Waals surface area (Å²) in [6.45, 7) is 1.79. The standard InChI is InChI=1S/C12H11ClN4OS/c1-7(6-14)19-12-15-11(16-17-12)9-5-8(13)3-4-10(9)18-2/h3-5,7H,1-2H3,(H,15,16,17). The van der Waals surface area contributed by atoms with E-state index in [0.29, 0.717) is 21.8 Å². The number of nitrogens with one attached hydrogen (secondary N) is 1. The SMILES string of the molecule is COc1ccc(Cl)cc1-c1nc(SC(C)C#N)n[nH]1. The van der Waals surface area contributed by atoms with Crippen LogP contribution in [0.5, 0.6) is 5.75 Å². The molecule has 7 heteroatoms. The van der Waals surface area contributed by atoms with E-state index < -0.39 is 0 Å². The van der Waals surface area contributed by atoms with Gasteiger partial charge < -0.3 is 4.74 Å². The van der Waals surface area contributed by atoms with Crippen molar-refractivity contribution in [1.82, 2.24) is 15.2 Å². The van der Waals surface area contributed by atoms with Gasteiger partial charge in [-0.2, -0.15) is 5.26 Å². The Morgan fingerprint density at radius 1 is 1.53 bits per heavy atom. The van der Waals surface area contributed by atoms with Crippen LogP contribution >= 0.6 is 23.4 Å². The van der Waals surface area contributed by atoms with Crippen LogP contribution in [0.4, 0.5) is 0 Å². The van der Waals surface area contributed by atoms with Crippen LogP contribution in [0.2, 0.25) is 5.02 Å². The molecule has 1 N–H and O–H groups in total. The molecule has 1 unspecified atom stereocenters. The number of thioether (sulfide) groups is 1. The normalized spacial score (nSPS) is 11.9. The molecular weight excluding hydrogens is 284 g/mol. The molecule has 0 aliphatic heterocycles. The molecule has 98 valence electrons. The first-order chi connectivity index (χ1) is 9.13. The van der Waals surface area contributed by atoms with Crippen molar-refractivity contribution >= 4 is 23.4 Å². The molecular formula is C12H11ClN4OS. The van der Waals surface area contributed by atoms with Gasteiger partial charge in [0.25, 0.3) is 0 Å². The van der Waals surface area contributed by atoms with E-state index >= 15 is 0 Å². The summed E-state index contributed by atoms with van der Waals surface area (Å²) in [5, 5.41) is 16.6. The lowest BCUT2D eigenvalue weighted by molar-refractivity contribution is 0.416. The zero-order chi connectivity index (χ0) is 13.8. The fourth-order valence-electron chi connectivity index (χ4n) is 1.47. The van der Waals surface area contributed by atoms with E-state index in [1.165, 1.54) is 11.8 Å². The number of aromatic nitrogens is 3. The Morgan fingerprint density at radius 2 is 2.32 bits per heavy atom. The average molecular weight is 295 g/mol. The number of nitrogens with zero attached hydrogens (tertiary/aromatic N) is 3. The molecule has 1 aromatic carbocycles. The van der Waals surface area contributed by atoms with E-state index in [1.807, 2.05) is 0 Å². The fourth-order valence-corrected chi connectivity index (χ4v) is 2.25.